The Bertz CT molecular complexity index is 497. The lowest BCUT2D eigenvalue weighted by Crippen LogP contribution is -2.32. The van der Waals surface area contributed by atoms with Crippen LogP contribution in [0.3, 0.4) is 0 Å². The molecule has 1 heterocycles. The van der Waals surface area contributed by atoms with E-state index in [4.69, 9.17) is 10.6 Å². The molecular weight excluding hydrogens is 240 g/mol. The van der Waals surface area contributed by atoms with Gasteiger partial charge >= 0.3 is 0 Å². The van der Waals surface area contributed by atoms with Gasteiger partial charge in [-0.25, -0.2) is 4.68 Å². The second-order valence-electron chi connectivity index (χ2n) is 4.50. The van der Waals surface area contributed by atoms with Gasteiger partial charge in [-0.2, -0.15) is 5.10 Å². The summed E-state index contributed by atoms with van der Waals surface area (Å²) in [6.07, 6.45) is 2.69. The van der Waals surface area contributed by atoms with E-state index >= 15 is 0 Å². The fourth-order valence-corrected chi connectivity index (χ4v) is 2.06. The molecule has 102 valence electrons. The number of nitrogens with one attached hydrogen (secondary N) is 1. The fraction of sp³-hybridized carbons (Fsp3) is 0.357. The van der Waals surface area contributed by atoms with E-state index in [1.165, 1.54) is 0 Å². The van der Waals surface area contributed by atoms with Crippen molar-refractivity contribution in [2.45, 2.75) is 25.5 Å². The normalized spacial score (nSPS) is 14.3. The topological polar surface area (TPSA) is 65.1 Å². The lowest BCUT2D eigenvalue weighted by Gasteiger charge is -2.20. The van der Waals surface area contributed by atoms with Crippen molar-refractivity contribution >= 4 is 0 Å². The number of nitrogens with zero attached hydrogens (tertiary/aromatic N) is 2. The molecule has 2 rings (SSSR count). The van der Waals surface area contributed by atoms with Crippen LogP contribution < -0.4 is 11.3 Å². The summed E-state index contributed by atoms with van der Waals surface area (Å²) in [5.74, 6) is 5.67. The number of methoxy groups -OCH3 is 1. The summed E-state index contributed by atoms with van der Waals surface area (Å²) in [5, 5.41) is 4.37. The van der Waals surface area contributed by atoms with Gasteiger partial charge < -0.3 is 4.74 Å². The molecule has 2 aromatic rings. The summed E-state index contributed by atoms with van der Waals surface area (Å²) >= 11 is 0. The van der Waals surface area contributed by atoms with Crippen molar-refractivity contribution < 1.29 is 4.74 Å². The molecule has 5 heteroatoms. The van der Waals surface area contributed by atoms with Gasteiger partial charge in [0.2, 0.25) is 0 Å². The van der Waals surface area contributed by atoms with Crippen LogP contribution in [0, 0.1) is 0 Å². The van der Waals surface area contributed by atoms with Gasteiger partial charge in [0.25, 0.3) is 0 Å². The van der Waals surface area contributed by atoms with Crippen LogP contribution in [0.5, 0.6) is 0 Å². The molecule has 19 heavy (non-hydrogen) atoms. The summed E-state index contributed by atoms with van der Waals surface area (Å²) in [5.41, 5.74) is 4.89. The number of aromatic nitrogens is 2. The molecule has 2 unspecified atom stereocenters. The minimum Gasteiger partial charge on any atom is -0.382 e. The van der Waals surface area contributed by atoms with E-state index < -0.39 is 0 Å². The van der Waals surface area contributed by atoms with Crippen LogP contribution in [0.15, 0.2) is 42.6 Å². The maximum Gasteiger partial charge on any atom is 0.0658 e. The Morgan fingerprint density at radius 1 is 1.32 bits per heavy atom. The summed E-state index contributed by atoms with van der Waals surface area (Å²) in [4.78, 5) is 0. The Kier molecular flexibility index (Phi) is 4.68. The smallest absolute Gasteiger partial charge is 0.0658 e. The van der Waals surface area contributed by atoms with E-state index in [0.29, 0.717) is 0 Å². The highest BCUT2D eigenvalue weighted by Gasteiger charge is 2.18. The number of para-hydroxylation sites is 1. The Morgan fingerprint density at radius 3 is 2.68 bits per heavy atom. The van der Waals surface area contributed by atoms with Crippen molar-refractivity contribution in [1.82, 2.24) is 15.2 Å². The number of ether oxygens (including phenoxy) is 1. The van der Waals surface area contributed by atoms with Crippen LogP contribution in [0.2, 0.25) is 0 Å². The Balaban J connectivity index is 2.27. The van der Waals surface area contributed by atoms with E-state index in [1.807, 2.05) is 48.0 Å². The number of benzene rings is 1. The van der Waals surface area contributed by atoms with Crippen molar-refractivity contribution in [3.05, 3.63) is 48.3 Å². The zero-order chi connectivity index (χ0) is 13.7. The molecule has 0 amide bonds. The van der Waals surface area contributed by atoms with Gasteiger partial charge in [-0.15, -0.1) is 0 Å². The van der Waals surface area contributed by atoms with E-state index in [1.54, 1.807) is 13.3 Å². The largest absolute Gasteiger partial charge is 0.382 e. The summed E-state index contributed by atoms with van der Waals surface area (Å²) in [7, 11) is 1.70. The van der Waals surface area contributed by atoms with Crippen LogP contribution >= 0.6 is 0 Å². The molecule has 5 nitrogen and oxygen atoms in total. The van der Waals surface area contributed by atoms with Crippen molar-refractivity contribution in [2.75, 3.05) is 7.11 Å². The fourth-order valence-electron chi connectivity index (χ4n) is 2.06. The molecule has 2 atom stereocenters. The highest BCUT2D eigenvalue weighted by Crippen LogP contribution is 2.21. The van der Waals surface area contributed by atoms with Crippen molar-refractivity contribution in [3.63, 3.8) is 0 Å². The number of nitrogens with two attached hydrogens (primary N) is 1. The quantitative estimate of drug-likeness (QED) is 0.614. The van der Waals surface area contributed by atoms with Gasteiger partial charge in [0.15, 0.2) is 0 Å². The molecule has 0 aliphatic carbocycles. The van der Waals surface area contributed by atoms with Crippen LogP contribution in [0.25, 0.3) is 5.69 Å². The third-order valence-corrected chi connectivity index (χ3v) is 3.20. The molecule has 0 saturated heterocycles. The average molecular weight is 260 g/mol. The van der Waals surface area contributed by atoms with E-state index in [-0.39, 0.29) is 12.1 Å². The van der Waals surface area contributed by atoms with E-state index in [9.17, 15) is 0 Å². The molecular formula is C14H20N4O. The minimum absolute atomic E-state index is 0.00217. The predicted octanol–water partition coefficient (Wildman–Crippen LogP) is 1.80. The molecule has 0 saturated carbocycles. The van der Waals surface area contributed by atoms with Crippen LogP contribution in [-0.4, -0.2) is 23.0 Å². The lowest BCUT2D eigenvalue weighted by molar-refractivity contribution is 0.0996. The Hall–Kier alpha value is -1.69. The lowest BCUT2D eigenvalue weighted by atomic mass is 10.1. The van der Waals surface area contributed by atoms with Gasteiger partial charge in [0.05, 0.1) is 23.5 Å². The summed E-state index contributed by atoms with van der Waals surface area (Å²) < 4.78 is 7.20. The first kappa shape index (κ1) is 13.7. The van der Waals surface area contributed by atoms with Gasteiger partial charge in [-0.3, -0.25) is 11.3 Å². The zero-order valence-corrected chi connectivity index (χ0v) is 11.3. The van der Waals surface area contributed by atoms with E-state index in [0.717, 1.165) is 17.8 Å². The summed E-state index contributed by atoms with van der Waals surface area (Å²) in [6.45, 7) is 2.02. The highest BCUT2D eigenvalue weighted by molar-refractivity contribution is 5.33. The maximum absolute atomic E-state index is 5.67. The minimum atomic E-state index is -0.00217. The van der Waals surface area contributed by atoms with Crippen LogP contribution in [-0.2, 0) is 4.74 Å². The summed E-state index contributed by atoms with van der Waals surface area (Å²) in [6, 6.07) is 12.0. The molecule has 0 fully saturated rings. The van der Waals surface area contributed by atoms with Crippen LogP contribution in [0.4, 0.5) is 0 Å². The molecule has 3 N–H and O–H groups in total. The third kappa shape index (κ3) is 3.20. The van der Waals surface area contributed by atoms with Crippen molar-refractivity contribution in [2.24, 2.45) is 5.84 Å². The van der Waals surface area contributed by atoms with Crippen LogP contribution in [0.1, 0.15) is 25.1 Å². The Labute approximate surface area is 113 Å². The molecule has 1 aromatic carbocycles. The third-order valence-electron chi connectivity index (χ3n) is 3.20. The Morgan fingerprint density at radius 2 is 2.05 bits per heavy atom. The average Bonchev–Trinajstić information content (AvgIpc) is 2.94. The van der Waals surface area contributed by atoms with Gasteiger partial charge in [0, 0.05) is 13.3 Å². The van der Waals surface area contributed by atoms with Gasteiger partial charge in [0.1, 0.15) is 0 Å². The molecule has 0 bridgehead atoms. The highest BCUT2D eigenvalue weighted by atomic mass is 16.5. The molecule has 0 radical (unpaired) electrons. The zero-order valence-electron chi connectivity index (χ0n) is 11.3. The first-order valence-electron chi connectivity index (χ1n) is 6.34. The second kappa shape index (κ2) is 6.47. The SMILES string of the molecule is COC(C)CC(NN)c1ccnn1-c1ccccc1. The first-order chi connectivity index (χ1) is 9.26. The number of hydrazine groups is 1. The molecule has 0 aliphatic rings. The first-order valence-corrected chi connectivity index (χ1v) is 6.34. The molecule has 1 aromatic heterocycles. The standard InChI is InChI=1S/C14H20N4O/c1-11(19-2)10-13(17-15)14-8-9-16-18(14)12-6-4-3-5-7-12/h3-9,11,13,17H,10,15H2,1-2H3. The molecule has 0 aliphatic heterocycles. The number of hydrogen-bond donors (Lipinski definition) is 2. The number of hydrogen-bond acceptors (Lipinski definition) is 4. The van der Waals surface area contributed by atoms with E-state index in [2.05, 4.69) is 10.5 Å². The number of rotatable bonds is 6. The van der Waals surface area contributed by atoms with Gasteiger partial charge in [-0.05, 0) is 31.5 Å². The van der Waals surface area contributed by atoms with Crippen molar-refractivity contribution in [3.8, 4) is 5.69 Å². The second-order valence-corrected chi connectivity index (χ2v) is 4.50. The van der Waals surface area contributed by atoms with Crippen molar-refractivity contribution in [1.29, 1.82) is 0 Å². The predicted molar refractivity (Wildman–Crippen MR) is 74.7 cm³/mol. The van der Waals surface area contributed by atoms with Gasteiger partial charge in [-0.1, -0.05) is 18.2 Å². The maximum atomic E-state index is 5.67. The molecule has 0 spiro atoms. The monoisotopic (exact) mass is 260 g/mol.